The monoisotopic (exact) mass is 539 g/mol. The van der Waals surface area contributed by atoms with Crippen LogP contribution in [0.3, 0.4) is 0 Å². The molecule has 11 heteroatoms. The van der Waals surface area contributed by atoms with Crippen molar-refractivity contribution in [3.05, 3.63) is 68.9 Å². The van der Waals surface area contributed by atoms with Crippen LogP contribution in [0.25, 0.3) is 0 Å². The zero-order valence-corrected chi connectivity index (χ0v) is 21.9. The first kappa shape index (κ1) is 26.3. The van der Waals surface area contributed by atoms with E-state index in [0.29, 0.717) is 38.7 Å². The van der Waals surface area contributed by atoms with Gasteiger partial charge in [0.25, 0.3) is 5.91 Å². The van der Waals surface area contributed by atoms with Gasteiger partial charge in [0, 0.05) is 22.8 Å². The van der Waals surface area contributed by atoms with Crippen LogP contribution in [0.4, 0.5) is 5.69 Å². The molecule has 1 heterocycles. The maximum absolute atomic E-state index is 12.9. The van der Waals surface area contributed by atoms with E-state index >= 15 is 0 Å². The molecular weight excluding hydrogens is 517 g/mol. The van der Waals surface area contributed by atoms with Gasteiger partial charge in [0.15, 0.2) is 11.0 Å². The van der Waals surface area contributed by atoms with Gasteiger partial charge in [-0.05, 0) is 54.8 Å². The van der Waals surface area contributed by atoms with Crippen LogP contribution in [-0.2, 0) is 11.8 Å². The van der Waals surface area contributed by atoms with Crippen molar-refractivity contribution in [2.24, 2.45) is 13.0 Å². The van der Waals surface area contributed by atoms with E-state index in [2.05, 4.69) is 34.7 Å². The lowest BCUT2D eigenvalue weighted by molar-refractivity contribution is -0.113. The number of carbonyl (C=O) groups is 2. The van der Waals surface area contributed by atoms with E-state index in [1.165, 1.54) is 17.8 Å². The van der Waals surface area contributed by atoms with Gasteiger partial charge in [-0.1, -0.05) is 60.4 Å². The smallest absolute Gasteiger partial charge is 0.253 e. The van der Waals surface area contributed by atoms with Gasteiger partial charge in [0.1, 0.15) is 0 Å². The Bertz CT molecular complexity index is 1170. The Balaban J connectivity index is 1.69. The summed E-state index contributed by atoms with van der Waals surface area (Å²) in [5.74, 6) is 0.515. The summed E-state index contributed by atoms with van der Waals surface area (Å²) in [7, 11) is 1.81. The average Bonchev–Trinajstić information content (AvgIpc) is 3.13. The van der Waals surface area contributed by atoms with Gasteiger partial charge in [0.2, 0.25) is 5.91 Å². The van der Waals surface area contributed by atoms with Crippen molar-refractivity contribution in [2.45, 2.75) is 31.5 Å². The van der Waals surface area contributed by atoms with Crippen molar-refractivity contribution in [1.82, 2.24) is 20.1 Å². The summed E-state index contributed by atoms with van der Waals surface area (Å²) < 4.78 is 1.79. The minimum absolute atomic E-state index is 0.149. The average molecular weight is 541 g/mol. The lowest BCUT2D eigenvalue weighted by Crippen LogP contribution is -2.31. The molecule has 7 nitrogen and oxygen atoms in total. The van der Waals surface area contributed by atoms with Gasteiger partial charge < -0.3 is 15.2 Å². The zero-order chi connectivity index (χ0) is 24.8. The van der Waals surface area contributed by atoms with Crippen molar-refractivity contribution in [3.63, 3.8) is 0 Å². The largest absolute Gasteiger partial charge is 0.342 e. The number of rotatable bonds is 9. The quantitative estimate of drug-likeness (QED) is 0.324. The topological polar surface area (TPSA) is 88.9 Å². The minimum Gasteiger partial charge on any atom is -0.342 e. The molecule has 0 saturated carbocycles. The number of benzene rings is 2. The number of hydrogen-bond donors (Lipinski definition) is 2. The Hall–Kier alpha value is -2.26. The molecule has 0 fully saturated rings. The molecule has 2 aromatic carbocycles. The lowest BCUT2D eigenvalue weighted by Gasteiger charge is -2.20. The molecule has 1 atom stereocenters. The van der Waals surface area contributed by atoms with Crippen LogP contribution in [-0.4, -0.2) is 32.3 Å². The molecule has 0 aliphatic heterocycles. The second-order valence-corrected chi connectivity index (χ2v) is 10.2. The van der Waals surface area contributed by atoms with Crippen LogP contribution < -0.4 is 10.6 Å². The van der Waals surface area contributed by atoms with E-state index in [1.807, 2.05) is 7.05 Å². The molecule has 180 valence electrons. The Morgan fingerprint density at radius 2 is 1.71 bits per heavy atom. The summed E-state index contributed by atoms with van der Waals surface area (Å²) >= 11 is 19.3. The molecule has 2 amide bonds. The molecule has 3 rings (SSSR count). The van der Waals surface area contributed by atoms with Crippen LogP contribution in [0.15, 0.2) is 47.6 Å². The molecule has 1 aromatic heterocycles. The van der Waals surface area contributed by atoms with E-state index in [-0.39, 0.29) is 28.5 Å². The maximum atomic E-state index is 12.9. The normalized spacial score (nSPS) is 12.0. The predicted octanol–water partition coefficient (Wildman–Crippen LogP) is 6.02. The molecule has 34 heavy (non-hydrogen) atoms. The van der Waals surface area contributed by atoms with E-state index < -0.39 is 6.04 Å². The Labute approximate surface area is 217 Å². The van der Waals surface area contributed by atoms with Gasteiger partial charge in [-0.15, -0.1) is 10.2 Å². The Morgan fingerprint density at radius 3 is 2.35 bits per heavy atom. The second kappa shape index (κ2) is 11.9. The predicted molar refractivity (Wildman–Crippen MR) is 138 cm³/mol. The summed E-state index contributed by atoms with van der Waals surface area (Å²) in [6, 6.07) is 11.2. The molecule has 0 unspecified atom stereocenters. The van der Waals surface area contributed by atoms with Crippen LogP contribution >= 0.6 is 46.6 Å². The summed E-state index contributed by atoms with van der Waals surface area (Å²) in [6.07, 6.45) is 0.643. The summed E-state index contributed by atoms with van der Waals surface area (Å²) in [6.45, 7) is 4.11. The van der Waals surface area contributed by atoms with E-state index in [1.54, 1.807) is 41.0 Å². The SMILES string of the molecule is CC(C)C[C@@H](NC(=O)c1ccc(Cl)cc1Cl)c1nnc(SCC(=O)Nc2ccc(Cl)cc2)n1C. The summed E-state index contributed by atoms with van der Waals surface area (Å²) in [4.78, 5) is 25.2. The highest BCUT2D eigenvalue weighted by Crippen LogP contribution is 2.26. The van der Waals surface area contributed by atoms with Crippen LogP contribution in [0, 0.1) is 5.92 Å². The van der Waals surface area contributed by atoms with Crippen molar-refractivity contribution in [1.29, 1.82) is 0 Å². The summed E-state index contributed by atoms with van der Waals surface area (Å²) in [5, 5.41) is 16.2. The third kappa shape index (κ3) is 7.12. The molecule has 0 saturated heterocycles. The molecular formula is C23H24Cl3N5O2S. The molecule has 0 aliphatic rings. The van der Waals surface area contributed by atoms with Gasteiger partial charge in [-0.3, -0.25) is 9.59 Å². The van der Waals surface area contributed by atoms with E-state index in [0.717, 1.165) is 0 Å². The second-order valence-electron chi connectivity index (χ2n) is 8.02. The first-order chi connectivity index (χ1) is 16.1. The number of halogens is 3. The highest BCUT2D eigenvalue weighted by atomic mass is 35.5. The van der Waals surface area contributed by atoms with Crippen molar-refractivity contribution in [3.8, 4) is 0 Å². The maximum Gasteiger partial charge on any atom is 0.253 e. The molecule has 0 aliphatic carbocycles. The third-order valence-corrected chi connectivity index (χ3v) is 6.65. The fourth-order valence-corrected chi connectivity index (χ4v) is 4.56. The van der Waals surface area contributed by atoms with E-state index in [9.17, 15) is 9.59 Å². The number of nitrogens with one attached hydrogen (secondary N) is 2. The minimum atomic E-state index is -0.394. The molecule has 0 radical (unpaired) electrons. The fraction of sp³-hybridized carbons (Fsp3) is 0.304. The fourth-order valence-electron chi connectivity index (χ4n) is 3.23. The molecule has 0 bridgehead atoms. The number of nitrogens with zero attached hydrogens (tertiary/aromatic N) is 3. The number of aromatic nitrogens is 3. The summed E-state index contributed by atoms with van der Waals surface area (Å²) in [5.41, 5.74) is 0.990. The van der Waals surface area contributed by atoms with Crippen molar-refractivity contribution in [2.75, 3.05) is 11.1 Å². The molecule has 2 N–H and O–H groups in total. The Morgan fingerprint density at radius 1 is 1.03 bits per heavy atom. The number of anilines is 1. The van der Waals surface area contributed by atoms with Gasteiger partial charge >= 0.3 is 0 Å². The van der Waals surface area contributed by atoms with Gasteiger partial charge in [-0.2, -0.15) is 0 Å². The highest BCUT2D eigenvalue weighted by molar-refractivity contribution is 7.99. The standard InChI is InChI=1S/C23H24Cl3N5O2S/c1-13(2)10-19(28-22(33)17-9-6-15(25)11-18(17)26)21-29-30-23(31(21)3)34-12-20(32)27-16-7-4-14(24)5-8-16/h4-9,11,13,19H,10,12H2,1-3H3,(H,27,32)(H,28,33)/t19-/m1/s1. The highest BCUT2D eigenvalue weighted by Gasteiger charge is 2.24. The number of amides is 2. The van der Waals surface area contributed by atoms with Gasteiger partial charge in [0.05, 0.1) is 22.4 Å². The van der Waals surface area contributed by atoms with Crippen LogP contribution in [0.5, 0.6) is 0 Å². The number of carbonyl (C=O) groups excluding carboxylic acids is 2. The van der Waals surface area contributed by atoms with Gasteiger partial charge in [-0.25, -0.2) is 0 Å². The van der Waals surface area contributed by atoms with Crippen molar-refractivity contribution >= 4 is 64.1 Å². The Kier molecular flexibility index (Phi) is 9.24. The lowest BCUT2D eigenvalue weighted by atomic mass is 10.0. The zero-order valence-electron chi connectivity index (χ0n) is 18.8. The first-order valence-corrected chi connectivity index (χ1v) is 12.6. The van der Waals surface area contributed by atoms with Crippen molar-refractivity contribution < 1.29 is 9.59 Å². The van der Waals surface area contributed by atoms with Crippen LogP contribution in [0.2, 0.25) is 15.1 Å². The number of hydrogen-bond acceptors (Lipinski definition) is 5. The molecule has 0 spiro atoms. The first-order valence-electron chi connectivity index (χ1n) is 10.5. The van der Waals surface area contributed by atoms with Crippen LogP contribution in [0.1, 0.15) is 42.5 Å². The molecule has 3 aromatic rings. The van der Waals surface area contributed by atoms with E-state index in [4.69, 9.17) is 34.8 Å². The number of thioether (sulfide) groups is 1. The third-order valence-electron chi connectivity index (χ3n) is 4.83.